The van der Waals surface area contributed by atoms with Crippen LogP contribution in [0.4, 0.5) is 0 Å². The maximum absolute atomic E-state index is 14.0. The van der Waals surface area contributed by atoms with E-state index in [2.05, 4.69) is 104 Å². The van der Waals surface area contributed by atoms with Gasteiger partial charge in [-0.15, -0.1) is 45.3 Å². The Bertz CT molecular complexity index is 2300. The summed E-state index contributed by atoms with van der Waals surface area (Å²) < 4.78 is 3.19. The monoisotopic (exact) mass is 1350 g/mol. The fraction of sp³-hybridized carbons (Fsp3) is 0.607. The summed E-state index contributed by atoms with van der Waals surface area (Å²) in [4.78, 5) is 68.9. The molecule has 6 nitrogen and oxygen atoms in total. The molecule has 0 N–H and O–H groups in total. The van der Waals surface area contributed by atoms with E-state index < -0.39 is 18.4 Å². The van der Waals surface area contributed by atoms with Gasteiger partial charge in [0.05, 0.1) is 39.6 Å². The minimum absolute atomic E-state index is 0.00196. The summed E-state index contributed by atoms with van der Waals surface area (Å²) in [6, 6.07) is 12.7. The second kappa shape index (κ2) is 34.6. The number of hydrogen-bond acceptors (Lipinski definition) is 9. The predicted octanol–water partition coefficient (Wildman–Crippen LogP) is 21.7. The molecule has 0 aliphatic carbocycles. The van der Waals surface area contributed by atoms with Crippen LogP contribution in [0.25, 0.3) is 19.5 Å². The van der Waals surface area contributed by atoms with E-state index in [0.717, 1.165) is 78.4 Å². The molecular formula is C61H88Br2N2O4S5Sn. The van der Waals surface area contributed by atoms with Crippen LogP contribution < -0.4 is 2.89 Å². The van der Waals surface area contributed by atoms with E-state index >= 15 is 0 Å². The van der Waals surface area contributed by atoms with Crippen molar-refractivity contribution in [3.63, 3.8) is 0 Å². The Balaban J connectivity index is 0.000000242. The summed E-state index contributed by atoms with van der Waals surface area (Å²) in [5.74, 6) is -0.351. The molecule has 0 aromatic carbocycles. The topological polar surface area (TPSA) is 74.8 Å². The summed E-state index contributed by atoms with van der Waals surface area (Å²) >= 11 is 13.6. The third-order valence-electron chi connectivity index (χ3n) is 14.5. The van der Waals surface area contributed by atoms with E-state index in [0.29, 0.717) is 22.3 Å². The van der Waals surface area contributed by atoms with Crippen LogP contribution in [0, 0.1) is 0 Å². The number of nitrogens with zero attached hydrogens (tertiary/aromatic N) is 2. The third kappa shape index (κ3) is 19.1. The van der Waals surface area contributed by atoms with Crippen LogP contribution in [0.2, 0.25) is 14.8 Å². The molecule has 7 heterocycles. The first-order valence-electron chi connectivity index (χ1n) is 28.8. The van der Waals surface area contributed by atoms with Gasteiger partial charge in [0.25, 0.3) is 23.6 Å². The molecule has 0 unspecified atom stereocenters. The SMILES string of the molecule is CCCCCCCCC(CCCCCCCC)N1C(=O)c2c(-c3cccs3)sc(-c3cccs3)c2C1=O.CCCCCCCCC(CCCCCCCC)N1C(=O)c2c(Br)sc(Br)c2C1=O.[CH3][Sn]([CH3])([CH3])[c]1cccs1. The number of hydrogen-bond donors (Lipinski definition) is 0. The number of carbonyl (C=O) groups excluding carboxylic acids is 4. The van der Waals surface area contributed by atoms with Gasteiger partial charge in [0.1, 0.15) is 0 Å². The maximum atomic E-state index is 14.0. The Morgan fingerprint density at radius 2 is 0.720 bits per heavy atom. The predicted molar refractivity (Wildman–Crippen MR) is 339 cm³/mol. The van der Waals surface area contributed by atoms with Gasteiger partial charge in [0.2, 0.25) is 0 Å². The van der Waals surface area contributed by atoms with E-state index in [1.807, 2.05) is 34.2 Å². The zero-order valence-corrected chi connectivity index (χ0v) is 56.6. The molecule has 0 spiro atoms. The molecule has 4 amide bonds. The summed E-state index contributed by atoms with van der Waals surface area (Å²) in [5, 5.41) is 6.27. The number of thiophene rings is 5. The Morgan fingerprint density at radius 3 is 1.00 bits per heavy atom. The molecule has 0 saturated carbocycles. The normalized spacial score (nSPS) is 13.3. The van der Waals surface area contributed by atoms with Crippen LogP contribution >= 0.6 is 88.5 Å². The molecule has 0 radical (unpaired) electrons. The summed E-state index contributed by atoms with van der Waals surface area (Å²) in [6.07, 6.45) is 33.2. The Labute approximate surface area is 493 Å². The van der Waals surface area contributed by atoms with Crippen LogP contribution in [0.5, 0.6) is 0 Å². The molecule has 2 aliphatic rings. The van der Waals surface area contributed by atoms with Gasteiger partial charge in [-0.25, -0.2) is 0 Å². The Hall–Kier alpha value is -1.46. The molecule has 0 fully saturated rings. The number of halogens is 2. The molecule has 5 aromatic rings. The average Bonchev–Trinajstić information content (AvgIpc) is 4.26. The average molecular weight is 1350 g/mol. The van der Waals surface area contributed by atoms with Gasteiger partial charge in [0, 0.05) is 21.8 Å². The van der Waals surface area contributed by atoms with Crippen LogP contribution in [0.1, 0.15) is 249 Å². The number of imide groups is 2. The standard InChI is InChI=1S/C31H41NO2S3.C23H35Br2NO2S.C4H3S.3CH3.Sn/c1-3-5-7-9-11-13-17-23(18-14-12-10-8-6-4-2)32-30(33)26-27(31(32)34)29(25-20-16-22-36-25)37-28(26)24-19-15-21-35-24;1-3-5-7-9-11-13-15-17(16-14-12-10-8-6-4-2)26-22(27)18-19(23(26)28)21(25)29-20(18)24;1-2-4-5-3-1;;;;/h15-16,19-23H,3-14,17-18H2,1-2H3;17H,3-16H2,1-2H3;1-3H;3*1H3;. The minimum atomic E-state index is -1.63. The molecule has 0 atom stereocenters. The number of unbranched alkanes of at least 4 members (excludes halogenated alkanes) is 20. The van der Waals surface area contributed by atoms with Crippen LogP contribution in [0.15, 0.2) is 60.1 Å². The summed E-state index contributed by atoms with van der Waals surface area (Å²) in [7, 11) is 0. The molecule has 0 saturated heterocycles. The third-order valence-corrected chi connectivity index (χ3v) is 30.8. The van der Waals surface area contributed by atoms with Gasteiger partial charge in [-0.05, 0) is 80.4 Å². The number of carbonyl (C=O) groups is 4. The molecule has 75 heavy (non-hydrogen) atoms. The summed E-state index contributed by atoms with van der Waals surface area (Å²) in [6.45, 7) is 8.95. The van der Waals surface area contributed by atoms with Crippen molar-refractivity contribution >= 4 is 133 Å². The second-order valence-corrected chi connectivity index (χ2v) is 44.5. The Kier molecular flexibility index (Phi) is 29.7. The van der Waals surface area contributed by atoms with Crippen molar-refractivity contribution in [2.75, 3.05) is 0 Å². The molecule has 0 bridgehead atoms. The van der Waals surface area contributed by atoms with Gasteiger partial charge in [-0.1, -0.05) is 194 Å². The fourth-order valence-corrected chi connectivity index (χ4v) is 22.5. The summed E-state index contributed by atoms with van der Waals surface area (Å²) in [5.41, 5.74) is 2.42. The van der Waals surface area contributed by atoms with Crippen LogP contribution in [-0.2, 0) is 0 Å². The quantitative estimate of drug-likeness (QED) is 0.0238. The molecule has 7 rings (SSSR count). The van der Waals surface area contributed by atoms with Crippen LogP contribution in [-0.4, -0.2) is 63.9 Å². The van der Waals surface area contributed by atoms with Crippen molar-refractivity contribution in [2.45, 2.75) is 234 Å². The van der Waals surface area contributed by atoms with Gasteiger partial charge in [0.15, 0.2) is 0 Å². The first-order valence-corrected chi connectivity index (χ1v) is 44.7. The van der Waals surface area contributed by atoms with Gasteiger partial charge >= 0.3 is 64.9 Å². The number of rotatable bonds is 33. The van der Waals surface area contributed by atoms with Crippen molar-refractivity contribution in [1.82, 2.24) is 9.80 Å². The molecule has 2 aliphatic heterocycles. The van der Waals surface area contributed by atoms with Crippen molar-refractivity contribution in [2.24, 2.45) is 0 Å². The zero-order valence-electron chi connectivity index (χ0n) is 46.5. The molecule has 414 valence electrons. The fourth-order valence-electron chi connectivity index (χ4n) is 10.2. The van der Waals surface area contributed by atoms with E-state index in [4.69, 9.17) is 0 Å². The second-order valence-electron chi connectivity index (χ2n) is 21.6. The first-order chi connectivity index (χ1) is 36.3. The van der Waals surface area contributed by atoms with Gasteiger partial charge in [-0.2, -0.15) is 0 Å². The van der Waals surface area contributed by atoms with Crippen molar-refractivity contribution < 1.29 is 19.2 Å². The van der Waals surface area contributed by atoms with Crippen LogP contribution in [0.3, 0.4) is 0 Å². The van der Waals surface area contributed by atoms with Crippen molar-refractivity contribution in [3.05, 3.63) is 82.4 Å². The van der Waals surface area contributed by atoms with Crippen molar-refractivity contribution in [3.8, 4) is 19.5 Å². The van der Waals surface area contributed by atoms with E-state index in [-0.39, 0.29) is 35.7 Å². The van der Waals surface area contributed by atoms with E-state index in [1.165, 1.54) is 140 Å². The zero-order chi connectivity index (χ0) is 54.2. The molecule has 14 heteroatoms. The van der Waals surface area contributed by atoms with E-state index in [9.17, 15) is 19.2 Å². The van der Waals surface area contributed by atoms with Crippen molar-refractivity contribution in [1.29, 1.82) is 0 Å². The molecule has 5 aromatic heterocycles. The molecular weight excluding hydrogens is 1260 g/mol. The number of amides is 4. The van der Waals surface area contributed by atoms with E-state index in [1.54, 1.807) is 46.7 Å². The van der Waals surface area contributed by atoms with Gasteiger partial charge < -0.3 is 0 Å². The number of fused-ring (bicyclic) bond motifs is 2. The van der Waals surface area contributed by atoms with Gasteiger partial charge in [-0.3, -0.25) is 29.0 Å². The Morgan fingerprint density at radius 1 is 0.413 bits per heavy atom. The first kappa shape index (κ1) is 64.4.